The highest BCUT2D eigenvalue weighted by atomic mass is 16.4. The number of hydrogen-bond acceptors (Lipinski definition) is 6. The molecular weight excluding hydrogens is 957 g/mol. The normalized spacial score (nSPS) is 12.5. The van der Waals surface area contributed by atoms with Crippen LogP contribution in [0, 0.1) is 0 Å². The van der Waals surface area contributed by atoms with Crippen LogP contribution in [-0.2, 0) is 16.2 Å². The van der Waals surface area contributed by atoms with E-state index in [1.807, 2.05) is 36.5 Å². The van der Waals surface area contributed by atoms with Crippen molar-refractivity contribution < 1.29 is 13.9 Å². The number of fused-ring (bicyclic) bond motifs is 8. The van der Waals surface area contributed by atoms with Crippen molar-refractivity contribution in [3.8, 4) is 78.7 Å². The fourth-order valence-corrected chi connectivity index (χ4v) is 11.2. The molecule has 0 radical (unpaired) electrons. The number of aromatic hydroxyl groups is 1. The van der Waals surface area contributed by atoms with E-state index in [1.54, 1.807) is 0 Å². The van der Waals surface area contributed by atoms with E-state index in [-0.39, 0.29) is 22.0 Å². The van der Waals surface area contributed by atoms with Gasteiger partial charge in [0.25, 0.3) is 0 Å². The Kier molecular flexibility index (Phi) is 11.2. The Bertz CT molecular complexity index is 4490. The maximum atomic E-state index is 12.8. The summed E-state index contributed by atoms with van der Waals surface area (Å²) in [5.41, 5.74) is 17.9. The lowest BCUT2D eigenvalue weighted by Crippen LogP contribution is -2.17. The Labute approximate surface area is 454 Å². The van der Waals surface area contributed by atoms with E-state index in [0.717, 1.165) is 105 Å². The fraction of sp³-hybridized carbons (Fsp3) is 0.169. The van der Waals surface area contributed by atoms with Crippen LogP contribution in [0.15, 0.2) is 203 Å². The standard InChI is InChI=1S/C71H60N4O3/c1-69(2,3)47-28-33-60(53(39-47)43-22-15-11-16-23-43)75-61-27-19-26-49(62(61)74-67(75)56-40-48(70(4,5)6)41-57(63(56)76)71(7,8)9)46-36-54-51-30-29-50-52-31-32-58(44-24-17-12-18-25-44)73-68(52)78-66(50)65(51)77-64(54)55(37-46)59-38-45(34-35-72-59)42-20-13-10-14-21-42/h10-41,76H,1-9H3. The Morgan fingerprint density at radius 3 is 1.74 bits per heavy atom. The number of furan rings is 2. The molecule has 0 aliphatic carbocycles. The summed E-state index contributed by atoms with van der Waals surface area (Å²) in [5.74, 6) is 0.873. The van der Waals surface area contributed by atoms with Gasteiger partial charge in [0.2, 0.25) is 5.71 Å². The number of benzene rings is 8. The van der Waals surface area contributed by atoms with E-state index in [1.165, 1.54) is 5.56 Å². The zero-order chi connectivity index (χ0) is 53.8. The van der Waals surface area contributed by atoms with Crippen LogP contribution in [0.25, 0.3) is 128 Å². The molecular formula is C71H60N4O3. The van der Waals surface area contributed by atoms with Gasteiger partial charge in [0.15, 0.2) is 11.2 Å². The van der Waals surface area contributed by atoms with E-state index in [9.17, 15) is 5.11 Å². The van der Waals surface area contributed by atoms with Gasteiger partial charge in [-0.1, -0.05) is 178 Å². The summed E-state index contributed by atoms with van der Waals surface area (Å²) in [6.45, 7) is 19.9. The van der Waals surface area contributed by atoms with Crippen molar-refractivity contribution in [2.45, 2.75) is 78.6 Å². The van der Waals surface area contributed by atoms with E-state index >= 15 is 0 Å². The van der Waals surface area contributed by atoms with Crippen LogP contribution >= 0.6 is 0 Å². The predicted molar refractivity (Wildman–Crippen MR) is 322 cm³/mol. The lowest BCUT2D eigenvalue weighted by atomic mass is 9.79. The van der Waals surface area contributed by atoms with Crippen LogP contribution in [0.1, 0.15) is 79.0 Å². The highest BCUT2D eigenvalue weighted by Gasteiger charge is 2.30. The fourth-order valence-electron chi connectivity index (χ4n) is 11.2. The van der Waals surface area contributed by atoms with E-state index in [0.29, 0.717) is 33.9 Å². The molecule has 0 spiro atoms. The minimum Gasteiger partial charge on any atom is -0.507 e. The third-order valence-electron chi connectivity index (χ3n) is 15.5. The maximum absolute atomic E-state index is 12.8. The lowest BCUT2D eigenvalue weighted by Gasteiger charge is -2.28. The number of phenols is 1. The zero-order valence-corrected chi connectivity index (χ0v) is 45.5. The number of para-hydroxylation sites is 1. The van der Waals surface area contributed by atoms with Gasteiger partial charge in [0, 0.05) is 55.6 Å². The largest absolute Gasteiger partial charge is 0.507 e. The third-order valence-corrected chi connectivity index (χ3v) is 15.5. The average Bonchev–Trinajstić information content (AvgIpc) is 4.27. The van der Waals surface area contributed by atoms with Gasteiger partial charge >= 0.3 is 0 Å². The molecule has 0 bridgehead atoms. The minimum atomic E-state index is -0.369. The molecule has 0 atom stereocenters. The molecule has 0 fully saturated rings. The van der Waals surface area contributed by atoms with E-state index in [2.05, 4.69) is 225 Å². The van der Waals surface area contributed by atoms with Gasteiger partial charge in [-0.2, -0.15) is 0 Å². The van der Waals surface area contributed by atoms with Crippen molar-refractivity contribution in [1.82, 2.24) is 19.5 Å². The number of aromatic nitrogens is 4. The van der Waals surface area contributed by atoms with Crippen molar-refractivity contribution in [2.75, 3.05) is 0 Å². The Balaban J connectivity index is 1.11. The summed E-state index contributed by atoms with van der Waals surface area (Å²) in [5, 5.41) is 16.4. The highest BCUT2D eigenvalue weighted by Crippen LogP contribution is 2.48. The van der Waals surface area contributed by atoms with Gasteiger partial charge in [0.1, 0.15) is 17.2 Å². The predicted octanol–water partition coefficient (Wildman–Crippen LogP) is 19.2. The second-order valence-corrected chi connectivity index (χ2v) is 23.8. The van der Waals surface area contributed by atoms with Crippen LogP contribution in [0.3, 0.4) is 0 Å². The second kappa shape index (κ2) is 18.0. The number of pyridine rings is 2. The molecule has 78 heavy (non-hydrogen) atoms. The Hall–Kier alpha value is -9.07. The van der Waals surface area contributed by atoms with Gasteiger partial charge in [-0.25, -0.2) is 9.97 Å². The molecule has 5 heterocycles. The van der Waals surface area contributed by atoms with Gasteiger partial charge in [-0.05, 0) is 122 Å². The molecule has 0 aliphatic heterocycles. The second-order valence-electron chi connectivity index (χ2n) is 23.8. The molecule has 7 nitrogen and oxygen atoms in total. The summed E-state index contributed by atoms with van der Waals surface area (Å²) in [6, 6.07) is 65.7. The van der Waals surface area contributed by atoms with Gasteiger partial charge in [-0.15, -0.1) is 0 Å². The summed E-state index contributed by atoms with van der Waals surface area (Å²) in [4.78, 5) is 15.9. The summed E-state index contributed by atoms with van der Waals surface area (Å²) in [6.07, 6.45) is 1.88. The first kappa shape index (κ1) is 48.6. The summed E-state index contributed by atoms with van der Waals surface area (Å²) >= 11 is 0. The van der Waals surface area contributed by atoms with Crippen molar-refractivity contribution in [2.24, 2.45) is 0 Å². The molecule has 8 aromatic carbocycles. The van der Waals surface area contributed by atoms with Crippen LogP contribution in [-0.4, -0.2) is 24.6 Å². The number of imidazole rings is 1. The van der Waals surface area contributed by atoms with Crippen molar-refractivity contribution in [1.29, 1.82) is 0 Å². The molecule has 1 N–H and O–H groups in total. The van der Waals surface area contributed by atoms with Crippen LogP contribution in [0.5, 0.6) is 5.75 Å². The SMILES string of the molecule is CC(C)(C)c1ccc(-n2c(-c3cc(C(C)(C)C)cc(C(C)(C)C)c3O)nc3c(-c4cc(-c5cc(-c6ccccc6)ccn5)c5oc6c(ccc7c8ccc(-c9ccccc9)nc8oc76)c5c4)cccc32)c(-c2ccccc2)c1. The van der Waals surface area contributed by atoms with Gasteiger partial charge in [-0.3, -0.25) is 9.55 Å². The number of hydrogen-bond donors (Lipinski definition) is 1. The van der Waals surface area contributed by atoms with Crippen molar-refractivity contribution in [3.63, 3.8) is 0 Å². The quantitative estimate of drug-likeness (QED) is 0.171. The number of nitrogens with zero attached hydrogens (tertiary/aromatic N) is 4. The molecule has 0 saturated heterocycles. The molecule has 382 valence electrons. The third kappa shape index (κ3) is 8.24. The molecule has 0 unspecified atom stereocenters. The maximum Gasteiger partial charge on any atom is 0.228 e. The van der Waals surface area contributed by atoms with E-state index in [4.69, 9.17) is 23.8 Å². The first-order valence-corrected chi connectivity index (χ1v) is 26.9. The Morgan fingerprint density at radius 2 is 1.05 bits per heavy atom. The monoisotopic (exact) mass is 1020 g/mol. The van der Waals surface area contributed by atoms with E-state index < -0.39 is 0 Å². The van der Waals surface area contributed by atoms with Crippen molar-refractivity contribution >= 4 is 55.0 Å². The van der Waals surface area contributed by atoms with Gasteiger partial charge in [0.05, 0.1) is 33.7 Å². The topological polar surface area (TPSA) is 90.1 Å². The highest BCUT2D eigenvalue weighted by molar-refractivity contribution is 6.21. The average molecular weight is 1020 g/mol. The zero-order valence-electron chi connectivity index (χ0n) is 45.5. The van der Waals surface area contributed by atoms with Gasteiger partial charge < -0.3 is 13.9 Å². The molecule has 13 rings (SSSR count). The minimum absolute atomic E-state index is 0.113. The summed E-state index contributed by atoms with van der Waals surface area (Å²) < 4.78 is 16.1. The smallest absolute Gasteiger partial charge is 0.228 e. The molecule has 0 aliphatic rings. The van der Waals surface area contributed by atoms with Crippen molar-refractivity contribution in [3.05, 3.63) is 211 Å². The van der Waals surface area contributed by atoms with Crippen LogP contribution in [0.2, 0.25) is 0 Å². The molecule has 5 aromatic heterocycles. The lowest BCUT2D eigenvalue weighted by molar-refractivity contribution is 0.446. The molecule has 7 heteroatoms. The van der Waals surface area contributed by atoms with Crippen LogP contribution < -0.4 is 0 Å². The molecule has 0 saturated carbocycles. The first-order valence-electron chi connectivity index (χ1n) is 26.9. The van der Waals surface area contributed by atoms with Crippen LogP contribution in [0.4, 0.5) is 0 Å². The Morgan fingerprint density at radius 1 is 0.410 bits per heavy atom. The summed E-state index contributed by atoms with van der Waals surface area (Å²) in [7, 11) is 0. The molecule has 13 aromatic rings. The number of phenolic OH excluding ortho intramolecular Hbond substituents is 1. The number of rotatable bonds is 7. The molecule has 0 amide bonds. The first-order chi connectivity index (χ1) is 37.5.